The predicted molar refractivity (Wildman–Crippen MR) is 61.1 cm³/mol. The van der Waals surface area contributed by atoms with Gasteiger partial charge in [-0.15, -0.1) is 0 Å². The molecule has 0 saturated carbocycles. The fourth-order valence-electron chi connectivity index (χ4n) is 1.44. The topological polar surface area (TPSA) is 36.3 Å². The van der Waals surface area contributed by atoms with Gasteiger partial charge in [-0.3, -0.25) is 4.90 Å². The summed E-state index contributed by atoms with van der Waals surface area (Å²) < 4.78 is 5.27. The fraction of sp³-hybridized carbons (Fsp3) is 0.417. The largest absolute Gasteiger partial charge is 0.496 e. The first-order valence-electron chi connectivity index (χ1n) is 4.91. The molecule has 0 spiro atoms. The molecule has 0 atom stereocenters. The molecule has 0 aliphatic heterocycles. The molecule has 1 aromatic rings. The van der Waals surface area contributed by atoms with Crippen molar-refractivity contribution in [2.75, 3.05) is 19.1 Å². The van der Waals surface area contributed by atoms with Gasteiger partial charge in [0.2, 0.25) is 0 Å². The Kier molecular flexibility index (Phi) is 3.56. The molecule has 0 fully saturated rings. The van der Waals surface area contributed by atoms with Gasteiger partial charge in [-0.2, -0.15) is 5.26 Å². The lowest BCUT2D eigenvalue weighted by atomic mass is 10.0. The van der Waals surface area contributed by atoms with Crippen molar-refractivity contribution in [3.8, 4) is 11.9 Å². The highest BCUT2D eigenvalue weighted by atomic mass is 16.5. The molecule has 0 saturated heterocycles. The van der Waals surface area contributed by atoms with Crippen molar-refractivity contribution >= 4 is 5.69 Å². The van der Waals surface area contributed by atoms with Crippen molar-refractivity contribution in [3.05, 3.63) is 23.8 Å². The molecule has 0 N–H and O–H groups in total. The standard InChI is InChI=1S/C12H16N2O/c1-9(2)11-7-10(14(3)8-13)5-6-12(11)15-4/h5-7,9H,1-4H3. The van der Waals surface area contributed by atoms with E-state index in [0.717, 1.165) is 17.0 Å². The lowest BCUT2D eigenvalue weighted by molar-refractivity contribution is 0.407. The number of hydrogen-bond acceptors (Lipinski definition) is 3. The van der Waals surface area contributed by atoms with Gasteiger partial charge in [-0.05, 0) is 29.7 Å². The number of nitriles is 1. The van der Waals surface area contributed by atoms with Gasteiger partial charge in [0.25, 0.3) is 0 Å². The van der Waals surface area contributed by atoms with Crippen LogP contribution in [0.25, 0.3) is 0 Å². The highest BCUT2D eigenvalue weighted by molar-refractivity contribution is 5.55. The van der Waals surface area contributed by atoms with Crippen molar-refractivity contribution in [2.45, 2.75) is 19.8 Å². The molecule has 0 unspecified atom stereocenters. The summed E-state index contributed by atoms with van der Waals surface area (Å²) in [5.74, 6) is 1.26. The second-order valence-corrected chi connectivity index (χ2v) is 3.74. The monoisotopic (exact) mass is 204 g/mol. The van der Waals surface area contributed by atoms with Crippen LogP contribution in [0.1, 0.15) is 25.3 Å². The van der Waals surface area contributed by atoms with Gasteiger partial charge >= 0.3 is 0 Å². The SMILES string of the molecule is COc1ccc(N(C)C#N)cc1C(C)C. The third-order valence-electron chi connectivity index (χ3n) is 2.37. The number of rotatable bonds is 3. The van der Waals surface area contributed by atoms with E-state index in [0.29, 0.717) is 5.92 Å². The van der Waals surface area contributed by atoms with Gasteiger partial charge in [-0.1, -0.05) is 13.8 Å². The second-order valence-electron chi connectivity index (χ2n) is 3.74. The lowest BCUT2D eigenvalue weighted by Gasteiger charge is -2.15. The summed E-state index contributed by atoms with van der Waals surface area (Å²) in [5, 5.41) is 8.79. The van der Waals surface area contributed by atoms with Crippen LogP contribution in [-0.2, 0) is 0 Å². The van der Waals surface area contributed by atoms with E-state index in [1.165, 1.54) is 4.90 Å². The third-order valence-corrected chi connectivity index (χ3v) is 2.37. The van der Waals surface area contributed by atoms with Crippen molar-refractivity contribution in [1.82, 2.24) is 0 Å². The van der Waals surface area contributed by atoms with E-state index in [4.69, 9.17) is 10.00 Å². The molecule has 3 nitrogen and oxygen atoms in total. The fourth-order valence-corrected chi connectivity index (χ4v) is 1.44. The van der Waals surface area contributed by atoms with E-state index in [9.17, 15) is 0 Å². The molecule has 15 heavy (non-hydrogen) atoms. The number of anilines is 1. The Morgan fingerprint density at radius 3 is 2.53 bits per heavy atom. The minimum atomic E-state index is 0.381. The van der Waals surface area contributed by atoms with Crippen LogP contribution in [-0.4, -0.2) is 14.2 Å². The number of hydrogen-bond donors (Lipinski definition) is 0. The molecule has 0 amide bonds. The molecule has 0 bridgehead atoms. The third kappa shape index (κ3) is 2.41. The van der Waals surface area contributed by atoms with Crippen molar-refractivity contribution in [1.29, 1.82) is 5.26 Å². The van der Waals surface area contributed by atoms with Crippen LogP contribution in [0.15, 0.2) is 18.2 Å². The summed E-state index contributed by atoms with van der Waals surface area (Å²) in [7, 11) is 3.40. The van der Waals surface area contributed by atoms with Crippen LogP contribution >= 0.6 is 0 Å². The summed E-state index contributed by atoms with van der Waals surface area (Å²) >= 11 is 0. The predicted octanol–water partition coefficient (Wildman–Crippen LogP) is 2.74. The Hall–Kier alpha value is -1.69. The first kappa shape index (κ1) is 11.4. The zero-order valence-corrected chi connectivity index (χ0v) is 9.61. The van der Waals surface area contributed by atoms with E-state index in [2.05, 4.69) is 20.0 Å². The minimum Gasteiger partial charge on any atom is -0.496 e. The highest BCUT2D eigenvalue weighted by Crippen LogP contribution is 2.30. The molecule has 1 aromatic carbocycles. The number of nitrogens with zero attached hydrogens (tertiary/aromatic N) is 2. The average Bonchev–Trinajstić information content (AvgIpc) is 2.27. The van der Waals surface area contributed by atoms with E-state index in [1.54, 1.807) is 14.2 Å². The molecule has 0 aliphatic carbocycles. The van der Waals surface area contributed by atoms with Crippen molar-refractivity contribution < 1.29 is 4.74 Å². The number of ether oxygens (including phenoxy) is 1. The first-order valence-corrected chi connectivity index (χ1v) is 4.91. The summed E-state index contributed by atoms with van der Waals surface area (Å²) in [6, 6.07) is 5.78. The Balaban J connectivity index is 3.17. The van der Waals surface area contributed by atoms with Crippen LogP contribution in [0.3, 0.4) is 0 Å². The van der Waals surface area contributed by atoms with Crippen LogP contribution in [0, 0.1) is 11.5 Å². The lowest BCUT2D eigenvalue weighted by Crippen LogP contribution is -2.08. The Morgan fingerprint density at radius 2 is 2.07 bits per heavy atom. The maximum Gasteiger partial charge on any atom is 0.183 e. The maximum absolute atomic E-state index is 8.79. The Labute approximate surface area is 90.9 Å². The van der Waals surface area contributed by atoms with Gasteiger partial charge in [0.15, 0.2) is 6.19 Å². The zero-order valence-electron chi connectivity index (χ0n) is 9.61. The average molecular weight is 204 g/mol. The Morgan fingerprint density at radius 1 is 1.40 bits per heavy atom. The number of benzene rings is 1. The van der Waals surface area contributed by atoms with Crippen LogP contribution in [0.4, 0.5) is 5.69 Å². The molecule has 0 radical (unpaired) electrons. The van der Waals surface area contributed by atoms with E-state index < -0.39 is 0 Å². The van der Waals surface area contributed by atoms with Gasteiger partial charge in [0.05, 0.1) is 12.8 Å². The smallest absolute Gasteiger partial charge is 0.183 e. The number of methoxy groups -OCH3 is 1. The summed E-state index contributed by atoms with van der Waals surface area (Å²) in [4.78, 5) is 1.53. The van der Waals surface area contributed by atoms with Gasteiger partial charge in [0.1, 0.15) is 5.75 Å². The van der Waals surface area contributed by atoms with Crippen LogP contribution < -0.4 is 9.64 Å². The molecule has 1 rings (SSSR count). The maximum atomic E-state index is 8.79. The quantitative estimate of drug-likeness (QED) is 0.561. The van der Waals surface area contributed by atoms with E-state index >= 15 is 0 Å². The molecule has 0 aliphatic rings. The van der Waals surface area contributed by atoms with Crippen LogP contribution in [0.2, 0.25) is 0 Å². The Bertz CT molecular complexity index is 380. The summed E-state index contributed by atoms with van der Waals surface area (Å²) in [6.45, 7) is 4.21. The van der Waals surface area contributed by atoms with E-state index in [1.807, 2.05) is 18.2 Å². The van der Waals surface area contributed by atoms with Crippen molar-refractivity contribution in [3.63, 3.8) is 0 Å². The molecule has 3 heteroatoms. The highest BCUT2D eigenvalue weighted by Gasteiger charge is 2.09. The van der Waals surface area contributed by atoms with Crippen LogP contribution in [0.5, 0.6) is 5.75 Å². The normalized spacial score (nSPS) is 9.87. The summed E-state index contributed by atoms with van der Waals surface area (Å²) in [6.07, 6.45) is 2.08. The molecule has 0 heterocycles. The molecule has 80 valence electrons. The van der Waals surface area contributed by atoms with Gasteiger partial charge in [-0.25, -0.2) is 0 Å². The van der Waals surface area contributed by atoms with Gasteiger partial charge in [0, 0.05) is 7.05 Å². The molecular formula is C12H16N2O. The summed E-state index contributed by atoms with van der Waals surface area (Å²) in [5.41, 5.74) is 2.01. The minimum absolute atomic E-state index is 0.381. The zero-order chi connectivity index (χ0) is 11.4. The molecule has 0 aromatic heterocycles. The van der Waals surface area contributed by atoms with E-state index in [-0.39, 0.29) is 0 Å². The second kappa shape index (κ2) is 4.70. The van der Waals surface area contributed by atoms with Gasteiger partial charge < -0.3 is 4.74 Å². The van der Waals surface area contributed by atoms with Crippen molar-refractivity contribution in [2.24, 2.45) is 0 Å². The molecular weight excluding hydrogens is 188 g/mol. The first-order chi connectivity index (χ1) is 7.10.